The number of carbonyl (C=O) groups excluding carboxylic acids is 1. The average Bonchev–Trinajstić information content (AvgIpc) is 2.65. The molecule has 0 aliphatic rings. The molecule has 26 heavy (non-hydrogen) atoms. The standard InChI is InChI=1S/C18H16N2O5S/c19-12-13-6-8-14(9-7-13)17(21)20-16(18(22)23)10-11-26(24,25)15-4-2-1-3-5-15/h1-9,16H,10-11H2,(H,20,21)(H,22,23)/t16-/m1/s1. The van der Waals surface area contributed by atoms with Gasteiger partial charge in [-0.1, -0.05) is 18.2 Å². The second-order valence-electron chi connectivity index (χ2n) is 5.47. The molecular formula is C18H16N2O5S. The summed E-state index contributed by atoms with van der Waals surface area (Å²) < 4.78 is 24.5. The number of carboxylic acid groups (broad SMARTS) is 1. The van der Waals surface area contributed by atoms with Crippen LogP contribution in [0.2, 0.25) is 0 Å². The van der Waals surface area contributed by atoms with Gasteiger partial charge >= 0.3 is 5.97 Å². The van der Waals surface area contributed by atoms with Crippen molar-refractivity contribution in [3.05, 3.63) is 65.7 Å². The van der Waals surface area contributed by atoms with Crippen LogP contribution in [0.15, 0.2) is 59.5 Å². The molecule has 0 saturated carbocycles. The largest absolute Gasteiger partial charge is 0.480 e. The molecule has 0 radical (unpaired) electrons. The van der Waals surface area contributed by atoms with Crippen LogP contribution >= 0.6 is 0 Å². The molecule has 1 atom stereocenters. The van der Waals surface area contributed by atoms with E-state index in [0.29, 0.717) is 5.56 Å². The number of sulfone groups is 1. The van der Waals surface area contributed by atoms with Gasteiger partial charge < -0.3 is 10.4 Å². The van der Waals surface area contributed by atoms with Crippen molar-refractivity contribution >= 4 is 21.7 Å². The highest BCUT2D eigenvalue weighted by Crippen LogP contribution is 2.12. The minimum atomic E-state index is -3.65. The second-order valence-corrected chi connectivity index (χ2v) is 7.58. The molecule has 0 heterocycles. The van der Waals surface area contributed by atoms with Crippen molar-refractivity contribution in [3.63, 3.8) is 0 Å². The van der Waals surface area contributed by atoms with Crippen LogP contribution in [0.25, 0.3) is 0 Å². The number of nitrogens with one attached hydrogen (secondary N) is 1. The van der Waals surface area contributed by atoms with Crippen LogP contribution in [0.5, 0.6) is 0 Å². The van der Waals surface area contributed by atoms with Crippen molar-refractivity contribution < 1.29 is 23.1 Å². The monoisotopic (exact) mass is 372 g/mol. The number of amides is 1. The van der Waals surface area contributed by atoms with Gasteiger partial charge in [0.25, 0.3) is 5.91 Å². The third kappa shape index (κ3) is 4.91. The summed E-state index contributed by atoms with van der Waals surface area (Å²) >= 11 is 0. The molecule has 0 spiro atoms. The molecule has 7 nitrogen and oxygen atoms in total. The summed E-state index contributed by atoms with van der Waals surface area (Å²) in [5, 5.41) is 20.3. The fourth-order valence-corrected chi connectivity index (χ4v) is 3.57. The van der Waals surface area contributed by atoms with Crippen LogP contribution in [-0.4, -0.2) is 37.2 Å². The first-order valence-electron chi connectivity index (χ1n) is 7.65. The Morgan fingerprint density at radius 1 is 1.08 bits per heavy atom. The third-order valence-corrected chi connectivity index (χ3v) is 5.42. The van der Waals surface area contributed by atoms with Crippen LogP contribution in [0.3, 0.4) is 0 Å². The van der Waals surface area contributed by atoms with Gasteiger partial charge in [-0.25, -0.2) is 13.2 Å². The molecule has 0 unspecified atom stereocenters. The molecule has 0 aliphatic carbocycles. The number of nitriles is 1. The van der Waals surface area contributed by atoms with Gasteiger partial charge in [0.2, 0.25) is 0 Å². The zero-order chi connectivity index (χ0) is 19.2. The normalized spacial score (nSPS) is 12.0. The zero-order valence-electron chi connectivity index (χ0n) is 13.6. The van der Waals surface area contributed by atoms with E-state index in [1.54, 1.807) is 18.2 Å². The summed E-state index contributed by atoms with van der Waals surface area (Å²) in [5.74, 6) is -2.39. The smallest absolute Gasteiger partial charge is 0.326 e. The molecule has 0 fully saturated rings. The number of hydrogen-bond donors (Lipinski definition) is 2. The van der Waals surface area contributed by atoms with Gasteiger partial charge in [-0.3, -0.25) is 4.79 Å². The van der Waals surface area contributed by atoms with E-state index in [9.17, 15) is 23.1 Å². The molecule has 2 N–H and O–H groups in total. The molecule has 0 saturated heterocycles. The molecular weight excluding hydrogens is 356 g/mol. The molecule has 2 aromatic rings. The lowest BCUT2D eigenvalue weighted by Crippen LogP contribution is -2.41. The maximum absolute atomic E-state index is 12.2. The van der Waals surface area contributed by atoms with Crippen LogP contribution in [0, 0.1) is 11.3 Å². The predicted molar refractivity (Wildman–Crippen MR) is 93.2 cm³/mol. The van der Waals surface area contributed by atoms with E-state index < -0.39 is 33.5 Å². The van der Waals surface area contributed by atoms with Gasteiger partial charge in [0.1, 0.15) is 6.04 Å². The number of aliphatic carboxylic acids is 1. The van der Waals surface area contributed by atoms with Gasteiger partial charge in [-0.15, -0.1) is 0 Å². The van der Waals surface area contributed by atoms with Crippen molar-refractivity contribution in [1.29, 1.82) is 5.26 Å². The van der Waals surface area contributed by atoms with Gasteiger partial charge in [0.15, 0.2) is 9.84 Å². The Hall–Kier alpha value is -3.18. The third-order valence-electron chi connectivity index (χ3n) is 3.66. The topological polar surface area (TPSA) is 124 Å². The number of carbonyl (C=O) groups is 2. The van der Waals surface area contributed by atoms with Gasteiger partial charge in [-0.05, 0) is 42.8 Å². The fraction of sp³-hybridized carbons (Fsp3) is 0.167. The summed E-state index contributed by atoms with van der Waals surface area (Å²) in [4.78, 5) is 23.6. The quantitative estimate of drug-likeness (QED) is 0.761. The zero-order valence-corrected chi connectivity index (χ0v) is 14.4. The average molecular weight is 372 g/mol. The van der Waals surface area contributed by atoms with E-state index in [1.807, 2.05) is 6.07 Å². The summed E-state index contributed by atoms with van der Waals surface area (Å²) in [5.41, 5.74) is 0.548. The van der Waals surface area contributed by atoms with Gasteiger partial charge in [0.05, 0.1) is 22.3 Å². The minimum absolute atomic E-state index is 0.0996. The van der Waals surface area contributed by atoms with Crippen molar-refractivity contribution in [1.82, 2.24) is 5.32 Å². The number of rotatable bonds is 7. The maximum atomic E-state index is 12.2. The number of nitrogens with zero attached hydrogens (tertiary/aromatic N) is 1. The van der Waals surface area contributed by atoms with E-state index in [4.69, 9.17) is 5.26 Å². The van der Waals surface area contributed by atoms with Gasteiger partial charge in [0, 0.05) is 5.56 Å². The number of carboxylic acids is 1. The SMILES string of the molecule is N#Cc1ccc(C(=O)N[C@H](CCS(=O)(=O)c2ccccc2)C(=O)O)cc1. The van der Waals surface area contributed by atoms with E-state index in [1.165, 1.54) is 36.4 Å². The summed E-state index contributed by atoms with van der Waals surface area (Å²) in [6.07, 6.45) is -0.269. The van der Waals surface area contributed by atoms with Crippen LogP contribution in [-0.2, 0) is 14.6 Å². The predicted octanol–water partition coefficient (Wildman–Crippen LogP) is 1.61. The molecule has 8 heteroatoms. The summed E-state index contributed by atoms with van der Waals surface area (Å²) in [6, 6.07) is 13.9. The van der Waals surface area contributed by atoms with Crippen LogP contribution < -0.4 is 5.32 Å². The molecule has 0 aliphatic heterocycles. The molecule has 2 rings (SSSR count). The highest BCUT2D eigenvalue weighted by atomic mass is 32.2. The van der Waals surface area contributed by atoms with E-state index >= 15 is 0 Å². The molecule has 0 aromatic heterocycles. The lowest BCUT2D eigenvalue weighted by molar-refractivity contribution is -0.139. The Kier molecular flexibility index (Phi) is 6.09. The number of benzene rings is 2. The van der Waals surface area contributed by atoms with Crippen molar-refractivity contribution in [2.45, 2.75) is 17.4 Å². The molecule has 2 aromatic carbocycles. The van der Waals surface area contributed by atoms with Gasteiger partial charge in [-0.2, -0.15) is 5.26 Å². The Balaban J connectivity index is 2.06. The van der Waals surface area contributed by atoms with Crippen molar-refractivity contribution in [2.24, 2.45) is 0 Å². The Labute approximate surface area is 150 Å². The molecule has 1 amide bonds. The first-order valence-corrected chi connectivity index (χ1v) is 9.30. The molecule has 0 bridgehead atoms. The first kappa shape index (κ1) is 19.1. The lowest BCUT2D eigenvalue weighted by atomic mass is 10.1. The Bertz CT molecular complexity index is 932. The highest BCUT2D eigenvalue weighted by Gasteiger charge is 2.24. The first-order chi connectivity index (χ1) is 12.3. The van der Waals surface area contributed by atoms with Crippen LogP contribution in [0.4, 0.5) is 0 Å². The minimum Gasteiger partial charge on any atom is -0.480 e. The van der Waals surface area contributed by atoms with E-state index in [2.05, 4.69) is 5.32 Å². The fourth-order valence-electron chi connectivity index (χ4n) is 2.21. The van der Waals surface area contributed by atoms with Crippen molar-refractivity contribution in [3.8, 4) is 6.07 Å². The summed E-state index contributed by atoms with van der Waals surface area (Å²) in [6.45, 7) is 0. The van der Waals surface area contributed by atoms with E-state index in [0.717, 1.165) is 0 Å². The maximum Gasteiger partial charge on any atom is 0.326 e. The highest BCUT2D eigenvalue weighted by molar-refractivity contribution is 7.91. The number of hydrogen-bond acceptors (Lipinski definition) is 5. The van der Waals surface area contributed by atoms with E-state index in [-0.39, 0.29) is 16.9 Å². The van der Waals surface area contributed by atoms with Crippen LogP contribution in [0.1, 0.15) is 22.3 Å². The second kappa shape index (κ2) is 8.27. The lowest BCUT2D eigenvalue weighted by Gasteiger charge is -2.15. The van der Waals surface area contributed by atoms with Crippen molar-refractivity contribution in [2.75, 3.05) is 5.75 Å². The molecule has 134 valence electrons. The Morgan fingerprint density at radius 2 is 1.69 bits per heavy atom. The Morgan fingerprint density at radius 3 is 2.23 bits per heavy atom. The summed E-state index contributed by atoms with van der Waals surface area (Å²) in [7, 11) is -3.65.